The van der Waals surface area contributed by atoms with Crippen molar-refractivity contribution in [2.45, 2.75) is 0 Å². The minimum Gasteiger partial charge on any atom is -0.309 e. The molecule has 0 bridgehead atoms. The molecule has 0 amide bonds. The number of rotatable bonds is 9. The van der Waals surface area contributed by atoms with Gasteiger partial charge in [-0.2, -0.15) is 5.26 Å². The van der Waals surface area contributed by atoms with Gasteiger partial charge in [0, 0.05) is 55.8 Å². The van der Waals surface area contributed by atoms with Gasteiger partial charge in [0.2, 0.25) is 0 Å². The largest absolute Gasteiger partial charge is 0.309 e. The van der Waals surface area contributed by atoms with Gasteiger partial charge >= 0.3 is 0 Å². The zero-order chi connectivity index (χ0) is 50.5. The second-order valence-electron chi connectivity index (χ2n) is 19.4. The fourth-order valence-electron chi connectivity index (χ4n) is 11.3. The van der Waals surface area contributed by atoms with Crippen molar-refractivity contribution in [3.05, 3.63) is 285 Å². The molecular formula is C72H46N4. The van der Waals surface area contributed by atoms with Crippen molar-refractivity contribution in [2.24, 2.45) is 0 Å². The quantitative estimate of drug-likeness (QED) is 0.145. The van der Waals surface area contributed by atoms with Crippen LogP contribution in [0.3, 0.4) is 0 Å². The Kier molecular flexibility index (Phi) is 10.9. The van der Waals surface area contributed by atoms with E-state index < -0.39 is 0 Å². The topological polar surface area (TPSA) is 46.5 Å². The number of aromatic nitrogens is 3. The van der Waals surface area contributed by atoms with Crippen LogP contribution in [0.5, 0.6) is 0 Å². The first kappa shape index (κ1) is 44.4. The minimum atomic E-state index is 0.609. The van der Waals surface area contributed by atoms with E-state index in [0.717, 1.165) is 67.0 Å². The monoisotopic (exact) mass is 966 g/mol. The maximum Gasteiger partial charge on any atom is 0.100 e. The molecule has 3 heterocycles. The summed E-state index contributed by atoms with van der Waals surface area (Å²) in [4.78, 5) is 4.80. The Balaban J connectivity index is 0.881. The van der Waals surface area contributed by atoms with Crippen LogP contribution in [0, 0.1) is 11.3 Å². The van der Waals surface area contributed by atoms with Crippen LogP contribution in [0.25, 0.3) is 133 Å². The molecule has 0 fully saturated rings. The Labute approximate surface area is 440 Å². The van der Waals surface area contributed by atoms with Gasteiger partial charge in [-0.1, -0.05) is 176 Å². The summed E-state index contributed by atoms with van der Waals surface area (Å²) in [6, 6.07) is 99.8. The van der Waals surface area contributed by atoms with Crippen LogP contribution in [0.1, 0.15) is 5.56 Å². The Hall–Kier alpha value is -10.3. The van der Waals surface area contributed by atoms with Gasteiger partial charge in [0.15, 0.2) is 0 Å². The lowest BCUT2D eigenvalue weighted by atomic mass is 9.89. The first-order chi connectivity index (χ1) is 37.6. The van der Waals surface area contributed by atoms with E-state index in [9.17, 15) is 5.26 Å². The summed E-state index contributed by atoms with van der Waals surface area (Å²) < 4.78 is 4.73. The summed E-state index contributed by atoms with van der Waals surface area (Å²) in [5.74, 6) is 0. The molecule has 0 atom stereocenters. The zero-order valence-electron chi connectivity index (χ0n) is 41.3. The van der Waals surface area contributed by atoms with Gasteiger partial charge in [0.1, 0.15) is 6.07 Å². The van der Waals surface area contributed by atoms with E-state index in [-0.39, 0.29) is 0 Å². The fourth-order valence-corrected chi connectivity index (χ4v) is 11.3. The molecule has 76 heavy (non-hydrogen) atoms. The number of benzene rings is 11. The van der Waals surface area contributed by atoms with Gasteiger partial charge in [-0.25, -0.2) is 0 Å². The predicted molar refractivity (Wildman–Crippen MR) is 316 cm³/mol. The Morgan fingerprint density at radius 1 is 0.276 bits per heavy atom. The van der Waals surface area contributed by atoms with Crippen molar-refractivity contribution in [3.8, 4) is 95.5 Å². The van der Waals surface area contributed by atoms with E-state index in [4.69, 9.17) is 4.98 Å². The number of fused-ring (bicyclic) bond motifs is 6. The number of hydrogen-bond donors (Lipinski definition) is 0. The highest BCUT2D eigenvalue weighted by atomic mass is 15.0. The summed E-state index contributed by atoms with van der Waals surface area (Å²) in [7, 11) is 0. The number of nitrogens with zero attached hydrogens (tertiary/aromatic N) is 4. The molecule has 0 aliphatic carbocycles. The lowest BCUT2D eigenvalue weighted by Gasteiger charge is -2.16. The zero-order valence-corrected chi connectivity index (χ0v) is 41.3. The van der Waals surface area contributed by atoms with Crippen molar-refractivity contribution in [3.63, 3.8) is 0 Å². The molecule has 0 spiro atoms. The third kappa shape index (κ3) is 7.74. The molecule has 0 aliphatic heterocycles. The van der Waals surface area contributed by atoms with Crippen LogP contribution in [0.4, 0.5) is 0 Å². The number of hydrogen-bond acceptors (Lipinski definition) is 2. The van der Waals surface area contributed by atoms with E-state index in [1.807, 2.05) is 24.4 Å². The molecule has 0 unspecified atom stereocenters. The summed E-state index contributed by atoms with van der Waals surface area (Å²) >= 11 is 0. The first-order valence-electron chi connectivity index (χ1n) is 25.7. The number of nitriles is 1. The van der Waals surface area contributed by atoms with Crippen LogP contribution in [-0.2, 0) is 0 Å². The summed E-state index contributed by atoms with van der Waals surface area (Å²) in [5, 5.41) is 16.0. The van der Waals surface area contributed by atoms with Crippen molar-refractivity contribution < 1.29 is 0 Å². The van der Waals surface area contributed by atoms with Crippen LogP contribution < -0.4 is 0 Å². The van der Waals surface area contributed by atoms with Gasteiger partial charge in [-0.15, -0.1) is 0 Å². The Morgan fingerprint density at radius 2 is 0.592 bits per heavy atom. The summed E-state index contributed by atoms with van der Waals surface area (Å²) in [6.45, 7) is 0. The average molecular weight is 967 g/mol. The molecule has 4 nitrogen and oxygen atoms in total. The standard InChI is InChI=1S/C72H46N4/c73-47-67-61(52-24-32-59(33-25-52)75-69-36-28-54(48-15-5-1-6-16-48)41-63(69)64-42-55(29-37-70(64)75)49-17-7-2-8-18-49)45-58(68-23-13-14-40-74-68)46-62(67)53-26-34-60(35-27-53)76-71-38-30-56(50-19-9-3-10-20-50)43-65(71)66-44-57(31-39-72(66)76)51-21-11-4-12-22-51/h1-46H. The van der Waals surface area contributed by atoms with Gasteiger partial charge < -0.3 is 9.13 Å². The van der Waals surface area contributed by atoms with Crippen molar-refractivity contribution in [2.75, 3.05) is 0 Å². The minimum absolute atomic E-state index is 0.609. The molecule has 14 aromatic rings. The highest BCUT2D eigenvalue weighted by Crippen LogP contribution is 2.42. The van der Waals surface area contributed by atoms with E-state index >= 15 is 0 Å². The predicted octanol–water partition coefficient (Wildman–Crippen LogP) is 18.8. The summed E-state index contributed by atoms with van der Waals surface area (Å²) in [6.07, 6.45) is 1.82. The molecule has 0 saturated heterocycles. The number of pyridine rings is 1. The van der Waals surface area contributed by atoms with Gasteiger partial charge in [-0.3, -0.25) is 4.98 Å². The summed E-state index contributed by atoms with van der Waals surface area (Å²) in [5.41, 5.74) is 22.0. The van der Waals surface area contributed by atoms with Gasteiger partial charge in [0.25, 0.3) is 0 Å². The average Bonchev–Trinajstić information content (AvgIpc) is 4.04. The van der Waals surface area contributed by atoms with Crippen LogP contribution in [0.2, 0.25) is 0 Å². The van der Waals surface area contributed by atoms with Gasteiger partial charge in [0.05, 0.1) is 33.3 Å². The van der Waals surface area contributed by atoms with Gasteiger partial charge in [-0.05, 0) is 153 Å². The molecule has 354 valence electrons. The molecule has 0 saturated carbocycles. The van der Waals surface area contributed by atoms with E-state index in [1.54, 1.807) is 0 Å². The van der Waals surface area contributed by atoms with Crippen LogP contribution >= 0.6 is 0 Å². The fraction of sp³-hybridized carbons (Fsp3) is 0. The first-order valence-corrected chi connectivity index (χ1v) is 25.7. The third-order valence-corrected chi connectivity index (χ3v) is 15.0. The van der Waals surface area contributed by atoms with E-state index in [1.165, 1.54) is 66.1 Å². The molecule has 0 N–H and O–H groups in total. The lowest BCUT2D eigenvalue weighted by Crippen LogP contribution is -1.97. The Morgan fingerprint density at radius 3 is 0.895 bits per heavy atom. The second-order valence-corrected chi connectivity index (χ2v) is 19.4. The molecule has 3 aromatic heterocycles. The maximum atomic E-state index is 11.2. The van der Waals surface area contributed by atoms with Crippen molar-refractivity contribution in [1.82, 2.24) is 14.1 Å². The normalized spacial score (nSPS) is 11.4. The van der Waals surface area contributed by atoms with E-state index in [2.05, 4.69) is 270 Å². The second kappa shape index (κ2) is 18.6. The molecule has 11 aromatic carbocycles. The van der Waals surface area contributed by atoms with Crippen LogP contribution in [-0.4, -0.2) is 14.1 Å². The van der Waals surface area contributed by atoms with Crippen molar-refractivity contribution in [1.29, 1.82) is 5.26 Å². The molecular weight excluding hydrogens is 921 g/mol. The molecule has 0 aliphatic rings. The molecule has 0 radical (unpaired) electrons. The molecule has 14 rings (SSSR count). The SMILES string of the molecule is N#Cc1c(-c2ccc(-n3c4ccc(-c5ccccc5)cc4c4cc(-c5ccccc5)ccc43)cc2)cc(-c2ccccn2)cc1-c1ccc(-n2c3ccc(-c4ccccc4)cc3c3cc(-c4ccccc4)ccc32)cc1. The van der Waals surface area contributed by atoms with Crippen molar-refractivity contribution >= 4 is 43.6 Å². The smallest absolute Gasteiger partial charge is 0.100 e. The van der Waals surface area contributed by atoms with E-state index in [0.29, 0.717) is 5.56 Å². The highest BCUT2D eigenvalue weighted by molar-refractivity contribution is 6.13. The highest BCUT2D eigenvalue weighted by Gasteiger charge is 2.20. The molecule has 4 heteroatoms. The lowest BCUT2D eigenvalue weighted by molar-refractivity contribution is 1.18. The third-order valence-electron chi connectivity index (χ3n) is 15.0. The Bertz CT molecular complexity index is 4060. The maximum absolute atomic E-state index is 11.2. The van der Waals surface area contributed by atoms with Crippen LogP contribution in [0.15, 0.2) is 279 Å².